The van der Waals surface area contributed by atoms with E-state index in [9.17, 15) is 15.2 Å². The van der Waals surface area contributed by atoms with E-state index >= 15 is 0 Å². The molecule has 0 spiro atoms. The van der Waals surface area contributed by atoms with Gasteiger partial charge in [0, 0.05) is 23.3 Å². The first-order valence-electron chi connectivity index (χ1n) is 8.89. The first-order chi connectivity index (χ1) is 13.1. The molecule has 0 amide bonds. The summed E-state index contributed by atoms with van der Waals surface area (Å²) in [6.45, 7) is 2.03. The number of nitro benzene ring substituents is 1. The van der Waals surface area contributed by atoms with Gasteiger partial charge >= 0.3 is 0 Å². The third-order valence-electron chi connectivity index (χ3n) is 4.35. The van der Waals surface area contributed by atoms with Gasteiger partial charge in [0.15, 0.2) is 0 Å². The molecule has 0 heterocycles. The first-order valence-corrected chi connectivity index (χ1v) is 8.89. The number of allylic oxidation sites excluding steroid dienone is 1. The van der Waals surface area contributed by atoms with E-state index in [0.717, 1.165) is 18.4 Å². The van der Waals surface area contributed by atoms with E-state index in [2.05, 4.69) is 12.1 Å². The Kier molecular flexibility index (Phi) is 5.67. The minimum Gasteiger partial charge on any atom is -0.507 e. The van der Waals surface area contributed by atoms with Crippen molar-refractivity contribution in [2.75, 3.05) is 0 Å². The number of benzene rings is 3. The van der Waals surface area contributed by atoms with Crippen molar-refractivity contribution in [2.45, 2.75) is 19.8 Å². The van der Waals surface area contributed by atoms with Crippen molar-refractivity contribution in [3.63, 3.8) is 0 Å². The third-order valence-corrected chi connectivity index (χ3v) is 4.35. The van der Waals surface area contributed by atoms with Gasteiger partial charge in [-0.05, 0) is 41.7 Å². The number of aromatic hydroxyl groups is 1. The topological polar surface area (TPSA) is 63.4 Å². The van der Waals surface area contributed by atoms with E-state index < -0.39 is 4.92 Å². The van der Waals surface area contributed by atoms with Crippen molar-refractivity contribution in [2.24, 2.45) is 0 Å². The Hall–Kier alpha value is -3.40. The second-order valence-electron chi connectivity index (χ2n) is 6.36. The minimum absolute atomic E-state index is 0.00557. The lowest BCUT2D eigenvalue weighted by Crippen LogP contribution is -1.93. The number of rotatable bonds is 6. The predicted molar refractivity (Wildman–Crippen MR) is 109 cm³/mol. The van der Waals surface area contributed by atoms with Crippen molar-refractivity contribution in [3.8, 4) is 16.9 Å². The normalized spacial score (nSPS) is 11.0. The van der Waals surface area contributed by atoms with Crippen molar-refractivity contribution in [3.05, 3.63) is 99.6 Å². The Bertz CT molecular complexity index is 978. The molecule has 0 atom stereocenters. The second kappa shape index (κ2) is 8.32. The molecular formula is C23H21NO3. The van der Waals surface area contributed by atoms with Gasteiger partial charge in [-0.25, -0.2) is 0 Å². The van der Waals surface area contributed by atoms with Gasteiger partial charge < -0.3 is 5.11 Å². The van der Waals surface area contributed by atoms with Gasteiger partial charge in [-0.1, -0.05) is 61.5 Å². The molecule has 0 unspecified atom stereocenters. The number of hydrogen-bond donors (Lipinski definition) is 1. The number of phenols is 1. The Morgan fingerprint density at radius 3 is 2.48 bits per heavy atom. The summed E-state index contributed by atoms with van der Waals surface area (Å²) in [5.41, 5.74) is 4.15. The summed E-state index contributed by atoms with van der Waals surface area (Å²) in [5.74, 6) is 0.136. The predicted octanol–water partition coefficient (Wildman–Crippen LogP) is 5.98. The third kappa shape index (κ3) is 4.42. The van der Waals surface area contributed by atoms with Crippen LogP contribution in [0.1, 0.15) is 30.0 Å². The van der Waals surface area contributed by atoms with Gasteiger partial charge in [0.25, 0.3) is 5.69 Å². The summed E-state index contributed by atoms with van der Waals surface area (Å²) in [7, 11) is 0. The SMILES string of the molecule is CC/C=C/c1cc(Cc2ccccc2)cc(-c2cccc([N+](=O)[O-])c2)c1O. The molecule has 0 aliphatic carbocycles. The molecule has 0 aliphatic rings. The van der Waals surface area contributed by atoms with Crippen molar-refractivity contribution in [1.29, 1.82) is 0 Å². The Morgan fingerprint density at radius 1 is 1.00 bits per heavy atom. The summed E-state index contributed by atoms with van der Waals surface area (Å²) in [4.78, 5) is 10.7. The average Bonchev–Trinajstić information content (AvgIpc) is 2.69. The van der Waals surface area contributed by atoms with E-state index in [1.807, 2.05) is 49.4 Å². The highest BCUT2D eigenvalue weighted by molar-refractivity contribution is 5.78. The van der Waals surface area contributed by atoms with Gasteiger partial charge in [0.1, 0.15) is 5.75 Å². The maximum atomic E-state index is 11.1. The molecule has 0 radical (unpaired) electrons. The molecule has 0 fully saturated rings. The molecule has 136 valence electrons. The first kappa shape index (κ1) is 18.4. The number of nitro groups is 1. The highest BCUT2D eigenvalue weighted by atomic mass is 16.6. The Balaban J connectivity index is 2.11. The summed E-state index contributed by atoms with van der Waals surface area (Å²) < 4.78 is 0. The molecule has 0 bridgehead atoms. The maximum Gasteiger partial charge on any atom is 0.270 e. The van der Waals surface area contributed by atoms with Crippen LogP contribution >= 0.6 is 0 Å². The van der Waals surface area contributed by atoms with E-state index in [-0.39, 0.29) is 11.4 Å². The zero-order valence-electron chi connectivity index (χ0n) is 15.1. The molecule has 27 heavy (non-hydrogen) atoms. The number of non-ortho nitro benzene ring substituents is 1. The fourth-order valence-electron chi connectivity index (χ4n) is 3.03. The van der Waals surface area contributed by atoms with Crippen LogP contribution in [-0.2, 0) is 6.42 Å². The lowest BCUT2D eigenvalue weighted by Gasteiger charge is -2.12. The van der Waals surface area contributed by atoms with Crippen molar-refractivity contribution in [1.82, 2.24) is 0 Å². The number of phenolic OH excluding ortho intramolecular Hbond substituents is 1. The standard InChI is InChI=1S/C23H21NO3/c1-2-3-10-20-14-18(13-17-8-5-4-6-9-17)15-22(23(20)25)19-11-7-12-21(16-19)24(26)27/h3-12,14-16,25H,2,13H2,1H3/b10-3+. The quantitative estimate of drug-likeness (QED) is 0.435. The summed E-state index contributed by atoms with van der Waals surface area (Å²) in [5, 5.41) is 21.9. The highest BCUT2D eigenvalue weighted by Crippen LogP contribution is 2.36. The van der Waals surface area contributed by atoms with Gasteiger partial charge in [-0.2, -0.15) is 0 Å². The average molecular weight is 359 g/mol. The van der Waals surface area contributed by atoms with Gasteiger partial charge in [-0.3, -0.25) is 10.1 Å². The molecule has 0 saturated carbocycles. The lowest BCUT2D eigenvalue weighted by atomic mass is 9.94. The van der Waals surface area contributed by atoms with Gasteiger partial charge in [0.05, 0.1) is 4.92 Å². The van der Waals surface area contributed by atoms with Crippen LogP contribution in [0.3, 0.4) is 0 Å². The van der Waals surface area contributed by atoms with Crippen LogP contribution in [0.4, 0.5) is 5.69 Å². The minimum atomic E-state index is -0.424. The van der Waals surface area contributed by atoms with Crippen LogP contribution in [0.2, 0.25) is 0 Å². The molecule has 3 aromatic carbocycles. The summed E-state index contributed by atoms with van der Waals surface area (Å²) in [6.07, 6.45) is 5.45. The van der Waals surface area contributed by atoms with Gasteiger partial charge in [-0.15, -0.1) is 0 Å². The Morgan fingerprint density at radius 2 is 1.78 bits per heavy atom. The maximum absolute atomic E-state index is 11.1. The van der Waals surface area contributed by atoms with Crippen LogP contribution in [0.15, 0.2) is 72.8 Å². The van der Waals surface area contributed by atoms with E-state index in [1.165, 1.54) is 17.7 Å². The van der Waals surface area contributed by atoms with Crippen molar-refractivity contribution >= 4 is 11.8 Å². The Labute approximate surface area is 158 Å². The molecule has 4 heteroatoms. The number of hydrogen-bond acceptors (Lipinski definition) is 3. The molecule has 0 saturated heterocycles. The second-order valence-corrected chi connectivity index (χ2v) is 6.36. The molecule has 4 nitrogen and oxygen atoms in total. The zero-order valence-corrected chi connectivity index (χ0v) is 15.1. The fourth-order valence-corrected chi connectivity index (χ4v) is 3.03. The lowest BCUT2D eigenvalue weighted by molar-refractivity contribution is -0.384. The van der Waals surface area contributed by atoms with Crippen molar-refractivity contribution < 1.29 is 10.0 Å². The zero-order chi connectivity index (χ0) is 19.2. The molecule has 3 rings (SSSR count). The monoisotopic (exact) mass is 359 g/mol. The number of nitrogens with zero attached hydrogens (tertiary/aromatic N) is 1. The molecule has 0 aromatic heterocycles. The van der Waals surface area contributed by atoms with E-state index in [4.69, 9.17) is 0 Å². The van der Waals surface area contributed by atoms with Crippen LogP contribution in [0, 0.1) is 10.1 Å². The molecule has 0 aliphatic heterocycles. The van der Waals surface area contributed by atoms with Crippen LogP contribution in [-0.4, -0.2) is 10.0 Å². The van der Waals surface area contributed by atoms with Gasteiger partial charge in [0.2, 0.25) is 0 Å². The largest absolute Gasteiger partial charge is 0.507 e. The summed E-state index contributed by atoms with van der Waals surface area (Å²) >= 11 is 0. The molecule has 3 aromatic rings. The smallest absolute Gasteiger partial charge is 0.270 e. The molecule has 1 N–H and O–H groups in total. The van der Waals surface area contributed by atoms with Crippen LogP contribution in [0.5, 0.6) is 5.75 Å². The van der Waals surface area contributed by atoms with Crippen LogP contribution in [0.25, 0.3) is 17.2 Å². The van der Waals surface area contributed by atoms with E-state index in [1.54, 1.807) is 12.1 Å². The van der Waals surface area contributed by atoms with E-state index in [0.29, 0.717) is 16.7 Å². The van der Waals surface area contributed by atoms with Crippen LogP contribution < -0.4 is 0 Å². The molecular weight excluding hydrogens is 338 g/mol. The summed E-state index contributed by atoms with van der Waals surface area (Å²) in [6, 6.07) is 20.3. The fraction of sp³-hybridized carbons (Fsp3) is 0.130. The highest BCUT2D eigenvalue weighted by Gasteiger charge is 2.14.